The van der Waals surface area contributed by atoms with Gasteiger partial charge in [0.2, 0.25) is 5.91 Å². The van der Waals surface area contributed by atoms with Crippen LogP contribution in [0.25, 0.3) is 16.0 Å². The number of fused-ring (bicyclic) bond motifs is 2. The van der Waals surface area contributed by atoms with Crippen molar-refractivity contribution in [1.82, 2.24) is 34.5 Å². The number of aromatic nitrogens is 5. The monoisotopic (exact) mass is 753 g/mol. The molecule has 0 aliphatic carbocycles. The normalized spacial score (nSPS) is 16.5. The standard InChI is InChI=1S/C37H33F2N9O5S/c38-22-6-8-26(27(39)14-22)37(52,19-46-21-41-20-42-46)17-32(49)45-11-10-23(18-45)43-34(50)31-16-29-35(54-31)44-33(40)36(51)48(29)25-7-9-30-28(15-25)47(12-13-53-30)24-4-2-1-3-5-24/h1-9,14-16,20-21,23,52H,10-13,17-19H2,(H2,40,44)(H,43,50)/t23-,37?/m1/s1. The predicted octanol–water partition coefficient (Wildman–Crippen LogP) is 3.74. The maximum atomic E-state index is 14.9. The Bertz CT molecular complexity index is 2440. The van der Waals surface area contributed by atoms with Crippen LogP contribution in [-0.2, 0) is 16.9 Å². The summed E-state index contributed by atoms with van der Waals surface area (Å²) in [4.78, 5) is 53.0. The Morgan fingerprint density at radius 1 is 1.06 bits per heavy atom. The van der Waals surface area contributed by atoms with Crippen LogP contribution >= 0.6 is 11.3 Å². The van der Waals surface area contributed by atoms with Crippen molar-refractivity contribution in [3.05, 3.63) is 118 Å². The Balaban J connectivity index is 1.01. The number of amides is 2. The topological polar surface area (TPSA) is 174 Å². The molecule has 0 spiro atoms. The van der Waals surface area contributed by atoms with E-state index in [4.69, 9.17) is 10.5 Å². The molecule has 54 heavy (non-hydrogen) atoms. The predicted molar refractivity (Wildman–Crippen MR) is 196 cm³/mol. The first kappa shape index (κ1) is 34.9. The number of nitrogen functional groups attached to an aromatic ring is 1. The number of hydrogen-bond acceptors (Lipinski definition) is 11. The van der Waals surface area contributed by atoms with Crippen LogP contribution in [-0.4, -0.2) is 78.4 Å². The summed E-state index contributed by atoms with van der Waals surface area (Å²) in [6.45, 7) is 1.18. The summed E-state index contributed by atoms with van der Waals surface area (Å²) in [6.07, 6.45) is 2.44. The van der Waals surface area contributed by atoms with Gasteiger partial charge in [-0.15, -0.1) is 11.3 Å². The fraction of sp³-hybridized carbons (Fsp3) is 0.243. The van der Waals surface area contributed by atoms with E-state index in [0.717, 1.165) is 34.8 Å². The van der Waals surface area contributed by atoms with Crippen molar-refractivity contribution < 1.29 is 28.2 Å². The minimum Gasteiger partial charge on any atom is -0.490 e. The molecule has 1 saturated heterocycles. The van der Waals surface area contributed by atoms with Crippen molar-refractivity contribution in [2.24, 2.45) is 0 Å². The lowest BCUT2D eigenvalue weighted by atomic mass is 9.89. The molecule has 2 aliphatic rings. The number of para-hydroxylation sites is 1. The largest absolute Gasteiger partial charge is 0.490 e. The highest BCUT2D eigenvalue weighted by Crippen LogP contribution is 2.39. The number of nitrogens with one attached hydrogen (secondary N) is 1. The SMILES string of the molecule is Nc1nc2sc(C(=O)N[C@@H]3CCN(C(=O)CC(O)(Cn4cncn4)c4ccc(F)cc4F)C3)cc2n(-c2ccc3c(c2)N(c2ccccc2)CCO3)c1=O. The van der Waals surface area contributed by atoms with Gasteiger partial charge in [0.25, 0.3) is 11.5 Å². The lowest BCUT2D eigenvalue weighted by Crippen LogP contribution is -2.42. The van der Waals surface area contributed by atoms with Crippen molar-refractivity contribution in [2.75, 3.05) is 36.9 Å². The Kier molecular flexibility index (Phi) is 9.03. The molecule has 5 heterocycles. The summed E-state index contributed by atoms with van der Waals surface area (Å²) in [5.41, 5.74) is 5.89. The van der Waals surface area contributed by atoms with Gasteiger partial charge in [0, 0.05) is 36.4 Å². The zero-order chi connectivity index (χ0) is 37.6. The second kappa shape index (κ2) is 14.0. The van der Waals surface area contributed by atoms with Crippen molar-refractivity contribution in [3.8, 4) is 11.4 Å². The van der Waals surface area contributed by atoms with Crippen LogP contribution in [0.5, 0.6) is 5.75 Å². The van der Waals surface area contributed by atoms with Crippen molar-refractivity contribution >= 4 is 50.7 Å². The number of likely N-dealkylation sites (tertiary alicyclic amines) is 1. The van der Waals surface area contributed by atoms with Gasteiger partial charge in [-0.2, -0.15) is 5.10 Å². The van der Waals surface area contributed by atoms with Crippen LogP contribution in [0.1, 0.15) is 28.1 Å². The highest BCUT2D eigenvalue weighted by Gasteiger charge is 2.39. The molecule has 276 valence electrons. The molecule has 1 fully saturated rings. The highest BCUT2D eigenvalue weighted by molar-refractivity contribution is 7.20. The molecule has 8 rings (SSSR count). The van der Waals surface area contributed by atoms with Gasteiger partial charge in [-0.1, -0.05) is 24.3 Å². The Morgan fingerprint density at radius 2 is 1.89 bits per heavy atom. The Morgan fingerprint density at radius 3 is 2.67 bits per heavy atom. The molecule has 14 nitrogen and oxygen atoms in total. The molecule has 6 aromatic rings. The lowest BCUT2D eigenvalue weighted by Gasteiger charge is -2.31. The number of ether oxygens (including phenoxy) is 1. The minimum absolute atomic E-state index is 0.131. The molecule has 4 N–H and O–H groups in total. The summed E-state index contributed by atoms with van der Waals surface area (Å²) in [7, 11) is 0. The number of thiophene rings is 1. The van der Waals surface area contributed by atoms with Crippen LogP contribution in [0, 0.1) is 11.6 Å². The van der Waals surface area contributed by atoms with Crippen LogP contribution in [0.3, 0.4) is 0 Å². The average Bonchev–Trinajstić information content (AvgIpc) is 3.94. The molecule has 3 aromatic carbocycles. The molecule has 2 aliphatic heterocycles. The summed E-state index contributed by atoms with van der Waals surface area (Å²) in [5.74, 6) is -2.31. The molecule has 2 atom stereocenters. The Labute approximate surface area is 310 Å². The third-order valence-electron chi connectivity index (χ3n) is 9.58. The second-order valence-corrected chi connectivity index (χ2v) is 14.2. The van der Waals surface area contributed by atoms with Gasteiger partial charge >= 0.3 is 0 Å². The molecular weight excluding hydrogens is 721 g/mol. The van der Waals surface area contributed by atoms with E-state index in [1.165, 1.54) is 26.8 Å². The first-order valence-corrected chi connectivity index (χ1v) is 17.9. The third-order valence-corrected chi connectivity index (χ3v) is 10.6. The van der Waals surface area contributed by atoms with Crippen LogP contribution in [0.2, 0.25) is 0 Å². The number of carbonyl (C=O) groups is 2. The fourth-order valence-electron chi connectivity index (χ4n) is 6.99. The summed E-state index contributed by atoms with van der Waals surface area (Å²) < 4.78 is 37.2. The maximum Gasteiger partial charge on any atom is 0.298 e. The van der Waals surface area contributed by atoms with Crippen molar-refractivity contribution in [3.63, 3.8) is 0 Å². The number of aliphatic hydroxyl groups is 1. The zero-order valence-corrected chi connectivity index (χ0v) is 29.4. The van der Waals surface area contributed by atoms with Crippen molar-refractivity contribution in [2.45, 2.75) is 31.0 Å². The quantitative estimate of drug-likeness (QED) is 0.198. The van der Waals surface area contributed by atoms with Gasteiger partial charge in [0.15, 0.2) is 5.82 Å². The molecule has 0 bridgehead atoms. The smallest absolute Gasteiger partial charge is 0.298 e. The van der Waals surface area contributed by atoms with Gasteiger partial charge in [0.1, 0.15) is 47.1 Å². The van der Waals surface area contributed by atoms with Gasteiger partial charge in [-0.25, -0.2) is 23.4 Å². The fourth-order valence-corrected chi connectivity index (χ4v) is 7.92. The van der Waals surface area contributed by atoms with Crippen LogP contribution in [0.4, 0.5) is 26.0 Å². The number of nitrogens with two attached hydrogens (primary N) is 1. The van der Waals surface area contributed by atoms with Gasteiger partial charge in [-0.3, -0.25) is 19.0 Å². The number of hydrogen-bond donors (Lipinski definition) is 3. The van der Waals surface area contributed by atoms with E-state index in [-0.39, 0.29) is 35.9 Å². The molecule has 0 radical (unpaired) electrons. The first-order valence-electron chi connectivity index (χ1n) is 17.1. The first-order chi connectivity index (χ1) is 26.1. The number of benzene rings is 3. The number of anilines is 3. The van der Waals surface area contributed by atoms with Gasteiger partial charge in [0.05, 0.1) is 41.3 Å². The second-order valence-electron chi connectivity index (χ2n) is 13.2. The van der Waals surface area contributed by atoms with Gasteiger partial charge < -0.3 is 30.7 Å². The maximum absolute atomic E-state index is 14.9. The number of nitrogens with zero attached hydrogens (tertiary/aromatic N) is 7. The average molecular weight is 754 g/mol. The van der Waals surface area contributed by atoms with E-state index in [9.17, 15) is 28.3 Å². The molecular formula is C37H33F2N9O5S. The van der Waals surface area contributed by atoms with Crippen molar-refractivity contribution in [1.29, 1.82) is 0 Å². The summed E-state index contributed by atoms with van der Waals surface area (Å²) >= 11 is 1.08. The van der Waals surface area contributed by atoms with Crippen LogP contribution in [0.15, 0.2) is 90.2 Å². The van der Waals surface area contributed by atoms with E-state index in [1.54, 1.807) is 18.2 Å². The summed E-state index contributed by atoms with van der Waals surface area (Å²) in [6, 6.07) is 19.1. The number of rotatable bonds is 9. The molecule has 1 unspecified atom stereocenters. The minimum atomic E-state index is -2.07. The number of carbonyl (C=O) groups excluding carboxylic acids is 2. The molecule has 0 saturated carbocycles. The molecule has 17 heteroatoms. The highest BCUT2D eigenvalue weighted by atomic mass is 32.1. The Hall–Kier alpha value is -6.20. The molecule has 2 amide bonds. The van der Waals surface area contributed by atoms with Crippen LogP contribution < -0.4 is 26.2 Å². The van der Waals surface area contributed by atoms with E-state index in [0.29, 0.717) is 47.4 Å². The zero-order valence-electron chi connectivity index (χ0n) is 28.6. The summed E-state index contributed by atoms with van der Waals surface area (Å²) in [5, 5.41) is 18.6. The van der Waals surface area contributed by atoms with E-state index < -0.39 is 47.1 Å². The van der Waals surface area contributed by atoms with E-state index >= 15 is 0 Å². The van der Waals surface area contributed by atoms with Gasteiger partial charge in [-0.05, 0) is 48.9 Å². The third kappa shape index (κ3) is 6.62. The number of halogens is 2. The molecule has 3 aromatic heterocycles. The lowest BCUT2D eigenvalue weighted by molar-refractivity contribution is -0.136. The van der Waals surface area contributed by atoms with E-state index in [1.807, 2.05) is 36.4 Å². The van der Waals surface area contributed by atoms with E-state index in [2.05, 4.69) is 25.3 Å².